The van der Waals surface area contributed by atoms with Crippen LogP contribution in [0.4, 0.5) is 0 Å². The Kier molecular flexibility index (Phi) is 4.81. The minimum absolute atomic E-state index is 0.193. The van der Waals surface area contributed by atoms with Crippen molar-refractivity contribution in [3.05, 3.63) is 108 Å². The van der Waals surface area contributed by atoms with Gasteiger partial charge in [-0.3, -0.25) is 0 Å². The summed E-state index contributed by atoms with van der Waals surface area (Å²) in [6.45, 7) is 0. The number of phenolic OH excluding ortho intramolecular Hbond substituents is 1. The van der Waals surface area contributed by atoms with Crippen molar-refractivity contribution in [3.63, 3.8) is 0 Å². The predicted molar refractivity (Wildman–Crippen MR) is 126 cm³/mol. The van der Waals surface area contributed by atoms with Crippen LogP contribution < -0.4 is 4.74 Å². The molecule has 0 bridgehead atoms. The van der Waals surface area contributed by atoms with Crippen molar-refractivity contribution in [2.75, 3.05) is 7.11 Å². The fourth-order valence-corrected chi connectivity index (χ4v) is 4.28. The zero-order valence-electron chi connectivity index (χ0n) is 17.1. The minimum Gasteiger partial charge on any atom is -0.507 e. The Morgan fingerprint density at radius 1 is 0.645 bits per heavy atom. The molecule has 0 aliphatic heterocycles. The van der Waals surface area contributed by atoms with Crippen LogP contribution in [0.25, 0.3) is 32.7 Å². The Hall–Kier alpha value is -3.82. The van der Waals surface area contributed by atoms with Crippen molar-refractivity contribution >= 4 is 21.5 Å². The van der Waals surface area contributed by atoms with Crippen LogP contribution >= 0.6 is 0 Å². The molecular weight excluding hydrogens is 384 g/mol. The fourth-order valence-electron chi connectivity index (χ4n) is 4.28. The molecule has 3 nitrogen and oxygen atoms in total. The number of aliphatic hydroxyl groups is 1. The van der Waals surface area contributed by atoms with Crippen molar-refractivity contribution in [1.29, 1.82) is 0 Å². The van der Waals surface area contributed by atoms with E-state index in [1.165, 1.54) is 0 Å². The zero-order valence-corrected chi connectivity index (χ0v) is 17.1. The van der Waals surface area contributed by atoms with Crippen molar-refractivity contribution in [1.82, 2.24) is 0 Å². The predicted octanol–water partition coefficient (Wildman–Crippen LogP) is 6.46. The van der Waals surface area contributed by atoms with E-state index in [9.17, 15) is 10.2 Å². The summed E-state index contributed by atoms with van der Waals surface area (Å²) in [6, 6.07) is 31.1. The molecule has 5 aromatic rings. The quantitative estimate of drug-likeness (QED) is 0.360. The smallest absolute Gasteiger partial charge is 0.124 e. The largest absolute Gasteiger partial charge is 0.507 e. The number of benzene rings is 5. The van der Waals surface area contributed by atoms with Gasteiger partial charge in [0.2, 0.25) is 0 Å². The monoisotopic (exact) mass is 406 g/mol. The van der Waals surface area contributed by atoms with E-state index in [1.807, 2.05) is 91.0 Å². The van der Waals surface area contributed by atoms with Gasteiger partial charge in [-0.25, -0.2) is 0 Å². The maximum Gasteiger partial charge on any atom is 0.124 e. The molecule has 0 spiro atoms. The Labute approximate surface area is 180 Å². The first-order valence-electron chi connectivity index (χ1n) is 10.2. The van der Waals surface area contributed by atoms with E-state index in [1.54, 1.807) is 13.2 Å². The van der Waals surface area contributed by atoms with Crippen molar-refractivity contribution in [2.24, 2.45) is 0 Å². The fraction of sp³-hybridized carbons (Fsp3) is 0.0714. The highest BCUT2D eigenvalue weighted by molar-refractivity contribution is 6.08. The van der Waals surface area contributed by atoms with Crippen LogP contribution in [0.15, 0.2) is 97.1 Å². The minimum atomic E-state index is -0.858. The summed E-state index contributed by atoms with van der Waals surface area (Å²) in [7, 11) is 1.62. The van der Waals surface area contributed by atoms with Gasteiger partial charge in [-0.2, -0.15) is 0 Å². The van der Waals surface area contributed by atoms with Gasteiger partial charge in [0.15, 0.2) is 0 Å². The van der Waals surface area contributed by atoms with Crippen LogP contribution in [0.3, 0.4) is 0 Å². The molecule has 0 radical (unpaired) electrons. The first-order chi connectivity index (χ1) is 15.2. The lowest BCUT2D eigenvalue weighted by molar-refractivity contribution is 0.221. The highest BCUT2D eigenvalue weighted by Gasteiger charge is 2.21. The number of hydrogen-bond donors (Lipinski definition) is 2. The van der Waals surface area contributed by atoms with Crippen LogP contribution in [0.2, 0.25) is 0 Å². The van der Waals surface area contributed by atoms with Gasteiger partial charge in [0.05, 0.1) is 7.11 Å². The summed E-state index contributed by atoms with van der Waals surface area (Å²) in [6.07, 6.45) is -0.858. The van der Waals surface area contributed by atoms with Crippen LogP contribution in [0.1, 0.15) is 17.2 Å². The number of aromatic hydroxyl groups is 1. The molecular formula is C28H22O3. The molecule has 0 fully saturated rings. The van der Waals surface area contributed by atoms with E-state index in [-0.39, 0.29) is 5.75 Å². The average Bonchev–Trinajstić information content (AvgIpc) is 2.83. The summed E-state index contributed by atoms with van der Waals surface area (Å²) in [5.74, 6) is 0.930. The molecule has 0 aliphatic rings. The number of phenols is 1. The zero-order chi connectivity index (χ0) is 21.4. The van der Waals surface area contributed by atoms with Gasteiger partial charge in [-0.1, -0.05) is 78.9 Å². The van der Waals surface area contributed by atoms with E-state index in [0.29, 0.717) is 0 Å². The van der Waals surface area contributed by atoms with Gasteiger partial charge in [-0.05, 0) is 56.4 Å². The first-order valence-corrected chi connectivity index (χ1v) is 10.2. The molecule has 5 aromatic carbocycles. The van der Waals surface area contributed by atoms with Crippen LogP contribution in [0, 0.1) is 0 Å². The van der Waals surface area contributed by atoms with Crippen molar-refractivity contribution < 1.29 is 14.9 Å². The Morgan fingerprint density at radius 3 is 1.87 bits per heavy atom. The van der Waals surface area contributed by atoms with Gasteiger partial charge in [0.25, 0.3) is 0 Å². The highest BCUT2D eigenvalue weighted by Crippen LogP contribution is 2.44. The molecule has 152 valence electrons. The molecule has 0 heterocycles. The lowest BCUT2D eigenvalue weighted by Gasteiger charge is -2.21. The van der Waals surface area contributed by atoms with Gasteiger partial charge in [0.1, 0.15) is 17.6 Å². The summed E-state index contributed by atoms with van der Waals surface area (Å²) in [5.41, 5.74) is 3.08. The third kappa shape index (κ3) is 3.29. The van der Waals surface area contributed by atoms with Crippen LogP contribution in [0.5, 0.6) is 11.5 Å². The number of fused-ring (bicyclic) bond motifs is 2. The van der Waals surface area contributed by atoms with Gasteiger partial charge < -0.3 is 14.9 Å². The van der Waals surface area contributed by atoms with E-state index in [4.69, 9.17) is 4.74 Å². The lowest BCUT2D eigenvalue weighted by Crippen LogP contribution is -2.03. The normalized spacial score (nSPS) is 12.2. The second kappa shape index (κ2) is 7.78. The van der Waals surface area contributed by atoms with E-state index >= 15 is 0 Å². The van der Waals surface area contributed by atoms with E-state index in [2.05, 4.69) is 0 Å². The maximum absolute atomic E-state index is 11.4. The second-order valence-corrected chi connectivity index (χ2v) is 7.61. The molecule has 1 atom stereocenters. The highest BCUT2D eigenvalue weighted by atomic mass is 16.5. The number of rotatable bonds is 4. The summed E-state index contributed by atoms with van der Waals surface area (Å²) < 4.78 is 5.25. The molecule has 0 unspecified atom stereocenters. The van der Waals surface area contributed by atoms with Crippen LogP contribution in [-0.4, -0.2) is 17.3 Å². The van der Waals surface area contributed by atoms with E-state index in [0.717, 1.165) is 49.5 Å². The standard InChI is InChI=1S/C28H22O3/c1-31-21-14-10-20(11-15-21)28(30)24-16-12-18-6-2-4-8-22(18)26(24)27-23-9-5-3-7-19(23)13-17-25(27)29/h2-17,28-30H,1H3/t28-/m1/s1. The van der Waals surface area contributed by atoms with E-state index < -0.39 is 6.10 Å². The molecule has 31 heavy (non-hydrogen) atoms. The number of aliphatic hydroxyl groups excluding tert-OH is 1. The molecule has 2 N–H and O–H groups in total. The Morgan fingerprint density at radius 2 is 1.23 bits per heavy atom. The topological polar surface area (TPSA) is 49.7 Å². The Bertz CT molecular complexity index is 1390. The van der Waals surface area contributed by atoms with Crippen LogP contribution in [-0.2, 0) is 0 Å². The summed E-state index contributed by atoms with van der Waals surface area (Å²) >= 11 is 0. The molecule has 3 heteroatoms. The lowest BCUT2D eigenvalue weighted by atomic mass is 9.86. The molecule has 0 saturated carbocycles. The maximum atomic E-state index is 11.4. The average molecular weight is 406 g/mol. The molecule has 0 aromatic heterocycles. The summed E-state index contributed by atoms with van der Waals surface area (Å²) in [4.78, 5) is 0. The molecule has 5 rings (SSSR count). The van der Waals surface area contributed by atoms with Crippen molar-refractivity contribution in [3.8, 4) is 22.6 Å². The van der Waals surface area contributed by atoms with Gasteiger partial charge in [-0.15, -0.1) is 0 Å². The molecule has 0 aliphatic carbocycles. The SMILES string of the molecule is COc1ccc([C@@H](O)c2ccc3ccccc3c2-c2c(O)ccc3ccccc23)cc1. The third-order valence-corrected chi connectivity index (χ3v) is 5.84. The van der Waals surface area contributed by atoms with Crippen molar-refractivity contribution in [2.45, 2.75) is 6.10 Å². The second-order valence-electron chi connectivity index (χ2n) is 7.61. The van der Waals surface area contributed by atoms with Gasteiger partial charge in [0, 0.05) is 5.56 Å². The number of hydrogen-bond acceptors (Lipinski definition) is 3. The van der Waals surface area contributed by atoms with Gasteiger partial charge >= 0.3 is 0 Å². The number of ether oxygens (including phenoxy) is 1. The molecule has 0 saturated heterocycles. The Balaban J connectivity index is 1.82. The molecule has 0 amide bonds. The summed E-state index contributed by atoms with van der Waals surface area (Å²) in [5, 5.41) is 26.4. The number of methoxy groups -OCH3 is 1. The third-order valence-electron chi connectivity index (χ3n) is 5.84. The first kappa shape index (κ1) is 19.2.